The molecule has 2 fully saturated rings. The molecule has 2 saturated heterocycles. The quantitative estimate of drug-likeness (QED) is 0.779. The van der Waals surface area contributed by atoms with Crippen molar-refractivity contribution in [2.75, 3.05) is 40.3 Å². The van der Waals surface area contributed by atoms with Crippen molar-refractivity contribution >= 4 is 0 Å². The van der Waals surface area contributed by atoms with Crippen molar-refractivity contribution in [1.29, 1.82) is 0 Å². The summed E-state index contributed by atoms with van der Waals surface area (Å²) in [6, 6.07) is 0.742. The summed E-state index contributed by atoms with van der Waals surface area (Å²) < 4.78 is 5.92. The minimum Gasteiger partial charge on any atom is -0.372 e. The molecule has 2 rings (SSSR count). The Labute approximate surface area is 105 Å². The van der Waals surface area contributed by atoms with E-state index >= 15 is 0 Å². The van der Waals surface area contributed by atoms with Crippen LogP contribution < -0.4 is 5.73 Å². The SMILES string of the molecule is CN1CCC(N(C)CC2CCC(CN)O2)CC1. The molecule has 0 saturated carbocycles. The zero-order valence-electron chi connectivity index (χ0n) is 11.3. The van der Waals surface area contributed by atoms with Gasteiger partial charge in [-0.15, -0.1) is 0 Å². The molecule has 2 unspecified atom stereocenters. The summed E-state index contributed by atoms with van der Waals surface area (Å²) in [5, 5.41) is 0. The van der Waals surface area contributed by atoms with E-state index in [1.807, 2.05) is 0 Å². The molecule has 4 heteroatoms. The lowest BCUT2D eigenvalue weighted by Crippen LogP contribution is -2.44. The van der Waals surface area contributed by atoms with Crippen LogP contribution in [0, 0.1) is 0 Å². The van der Waals surface area contributed by atoms with E-state index in [0.29, 0.717) is 18.8 Å². The fraction of sp³-hybridized carbons (Fsp3) is 1.00. The van der Waals surface area contributed by atoms with Crippen LogP contribution >= 0.6 is 0 Å². The molecule has 2 aliphatic heterocycles. The Hall–Kier alpha value is -0.160. The molecule has 2 heterocycles. The van der Waals surface area contributed by atoms with Crippen LogP contribution in [0.2, 0.25) is 0 Å². The van der Waals surface area contributed by atoms with Crippen molar-refractivity contribution in [2.24, 2.45) is 5.73 Å². The number of nitrogens with two attached hydrogens (primary N) is 1. The van der Waals surface area contributed by atoms with Gasteiger partial charge in [-0.05, 0) is 52.9 Å². The van der Waals surface area contributed by atoms with Gasteiger partial charge in [0.2, 0.25) is 0 Å². The molecule has 0 aromatic carbocycles. The van der Waals surface area contributed by atoms with E-state index in [0.717, 1.165) is 19.0 Å². The molecule has 0 aliphatic carbocycles. The van der Waals surface area contributed by atoms with Crippen molar-refractivity contribution in [3.05, 3.63) is 0 Å². The van der Waals surface area contributed by atoms with Gasteiger partial charge in [-0.25, -0.2) is 0 Å². The van der Waals surface area contributed by atoms with Crippen LogP contribution in [0.4, 0.5) is 0 Å². The van der Waals surface area contributed by atoms with Crippen LogP contribution in [0.5, 0.6) is 0 Å². The third-order valence-corrected chi connectivity index (χ3v) is 4.26. The largest absolute Gasteiger partial charge is 0.372 e. The highest BCUT2D eigenvalue weighted by atomic mass is 16.5. The van der Waals surface area contributed by atoms with E-state index in [2.05, 4.69) is 23.9 Å². The van der Waals surface area contributed by atoms with Crippen LogP contribution in [0.1, 0.15) is 25.7 Å². The number of ether oxygens (including phenoxy) is 1. The Balaban J connectivity index is 1.72. The maximum Gasteiger partial charge on any atom is 0.0707 e. The van der Waals surface area contributed by atoms with Crippen molar-refractivity contribution < 1.29 is 4.74 Å². The van der Waals surface area contributed by atoms with E-state index in [1.165, 1.54) is 32.4 Å². The molecule has 17 heavy (non-hydrogen) atoms. The fourth-order valence-electron chi connectivity index (χ4n) is 2.99. The van der Waals surface area contributed by atoms with Gasteiger partial charge >= 0.3 is 0 Å². The average molecular weight is 241 g/mol. The predicted octanol–water partition coefficient (Wildman–Crippen LogP) is 0.519. The summed E-state index contributed by atoms with van der Waals surface area (Å²) in [5.41, 5.74) is 5.64. The van der Waals surface area contributed by atoms with Gasteiger partial charge in [0.25, 0.3) is 0 Å². The molecule has 0 radical (unpaired) electrons. The summed E-state index contributed by atoms with van der Waals surface area (Å²) in [5.74, 6) is 0. The summed E-state index contributed by atoms with van der Waals surface area (Å²) in [6.45, 7) is 4.21. The Morgan fingerprint density at radius 2 is 1.82 bits per heavy atom. The number of nitrogens with zero attached hydrogens (tertiary/aromatic N) is 2. The van der Waals surface area contributed by atoms with Gasteiger partial charge in [0.15, 0.2) is 0 Å². The topological polar surface area (TPSA) is 41.7 Å². The van der Waals surface area contributed by atoms with Crippen LogP contribution in [0.3, 0.4) is 0 Å². The second kappa shape index (κ2) is 6.14. The van der Waals surface area contributed by atoms with Gasteiger partial charge in [0.05, 0.1) is 12.2 Å². The lowest BCUT2D eigenvalue weighted by molar-refractivity contribution is 0.0176. The molecule has 2 atom stereocenters. The van der Waals surface area contributed by atoms with Crippen molar-refractivity contribution in [1.82, 2.24) is 9.80 Å². The van der Waals surface area contributed by atoms with E-state index in [4.69, 9.17) is 10.5 Å². The molecular formula is C13H27N3O. The third kappa shape index (κ3) is 3.65. The van der Waals surface area contributed by atoms with Gasteiger partial charge in [0.1, 0.15) is 0 Å². The summed E-state index contributed by atoms with van der Waals surface area (Å²) >= 11 is 0. The zero-order valence-corrected chi connectivity index (χ0v) is 11.3. The van der Waals surface area contributed by atoms with E-state index in [-0.39, 0.29) is 0 Å². The zero-order chi connectivity index (χ0) is 12.3. The highest BCUT2D eigenvalue weighted by Crippen LogP contribution is 2.22. The number of piperidine rings is 1. The minimum absolute atomic E-state index is 0.311. The number of hydrogen-bond acceptors (Lipinski definition) is 4. The third-order valence-electron chi connectivity index (χ3n) is 4.26. The molecular weight excluding hydrogens is 214 g/mol. The molecule has 0 aromatic rings. The van der Waals surface area contributed by atoms with E-state index in [9.17, 15) is 0 Å². The fourth-order valence-corrected chi connectivity index (χ4v) is 2.99. The van der Waals surface area contributed by atoms with Crippen LogP contribution in [0.15, 0.2) is 0 Å². The van der Waals surface area contributed by atoms with Gasteiger partial charge in [0, 0.05) is 19.1 Å². The number of likely N-dealkylation sites (N-methyl/N-ethyl adjacent to an activating group) is 1. The van der Waals surface area contributed by atoms with Crippen LogP contribution in [-0.2, 0) is 4.74 Å². The minimum atomic E-state index is 0.311. The van der Waals surface area contributed by atoms with Gasteiger partial charge in [-0.1, -0.05) is 0 Å². The summed E-state index contributed by atoms with van der Waals surface area (Å²) in [6.07, 6.45) is 5.63. The second-order valence-electron chi connectivity index (χ2n) is 5.67. The maximum absolute atomic E-state index is 5.92. The molecule has 2 aliphatic rings. The Bertz CT molecular complexity index is 229. The standard InChI is InChI=1S/C13H27N3O/c1-15-7-5-11(6-8-15)16(2)10-13-4-3-12(9-14)17-13/h11-13H,3-10,14H2,1-2H3. The van der Waals surface area contributed by atoms with Crippen LogP contribution in [-0.4, -0.2) is 68.3 Å². The first-order valence-corrected chi connectivity index (χ1v) is 6.93. The monoisotopic (exact) mass is 241 g/mol. The highest BCUT2D eigenvalue weighted by molar-refractivity contribution is 4.81. The number of likely N-dealkylation sites (tertiary alicyclic amines) is 1. The lowest BCUT2D eigenvalue weighted by atomic mass is 10.0. The predicted molar refractivity (Wildman–Crippen MR) is 70.1 cm³/mol. The lowest BCUT2D eigenvalue weighted by Gasteiger charge is -2.36. The first-order valence-electron chi connectivity index (χ1n) is 6.93. The van der Waals surface area contributed by atoms with Crippen LogP contribution in [0.25, 0.3) is 0 Å². The smallest absolute Gasteiger partial charge is 0.0707 e. The van der Waals surface area contributed by atoms with Gasteiger partial charge < -0.3 is 20.3 Å². The van der Waals surface area contributed by atoms with Crippen molar-refractivity contribution in [3.8, 4) is 0 Å². The number of rotatable bonds is 4. The molecule has 100 valence electrons. The first kappa shape index (κ1) is 13.3. The summed E-state index contributed by atoms with van der Waals surface area (Å²) in [4.78, 5) is 4.91. The molecule has 0 aromatic heterocycles. The maximum atomic E-state index is 5.92. The molecule has 0 bridgehead atoms. The van der Waals surface area contributed by atoms with E-state index in [1.54, 1.807) is 0 Å². The number of hydrogen-bond donors (Lipinski definition) is 1. The molecule has 2 N–H and O–H groups in total. The Morgan fingerprint density at radius 3 is 2.41 bits per heavy atom. The average Bonchev–Trinajstić information content (AvgIpc) is 2.77. The van der Waals surface area contributed by atoms with E-state index < -0.39 is 0 Å². The van der Waals surface area contributed by atoms with Crippen molar-refractivity contribution in [3.63, 3.8) is 0 Å². The first-order chi connectivity index (χ1) is 8.19. The molecule has 4 nitrogen and oxygen atoms in total. The molecule has 0 spiro atoms. The summed E-state index contributed by atoms with van der Waals surface area (Å²) in [7, 11) is 4.46. The highest BCUT2D eigenvalue weighted by Gasteiger charge is 2.28. The molecule has 0 amide bonds. The van der Waals surface area contributed by atoms with Crippen molar-refractivity contribution in [2.45, 2.75) is 43.9 Å². The van der Waals surface area contributed by atoms with Gasteiger partial charge in [-0.3, -0.25) is 0 Å². The van der Waals surface area contributed by atoms with Gasteiger partial charge in [-0.2, -0.15) is 0 Å². The Kier molecular flexibility index (Phi) is 4.79. The second-order valence-corrected chi connectivity index (χ2v) is 5.67. The normalized spacial score (nSPS) is 32.5. The Morgan fingerprint density at radius 1 is 1.18 bits per heavy atom.